The first-order chi connectivity index (χ1) is 15.0. The number of nitrogens with zero attached hydrogens (tertiary/aromatic N) is 2. The van der Waals surface area contributed by atoms with Gasteiger partial charge in [-0.25, -0.2) is 0 Å². The lowest BCUT2D eigenvalue weighted by atomic mass is 9.71. The molecule has 3 aliphatic rings. The summed E-state index contributed by atoms with van der Waals surface area (Å²) in [7, 11) is 4.89. The summed E-state index contributed by atoms with van der Waals surface area (Å²) in [6.07, 6.45) is 0.835. The summed E-state index contributed by atoms with van der Waals surface area (Å²) in [5, 5.41) is 13.6. The number of aliphatic hydroxyl groups excluding tert-OH is 1. The molecule has 0 radical (unpaired) electrons. The zero-order chi connectivity index (χ0) is 21.8. The zero-order valence-corrected chi connectivity index (χ0v) is 17.8. The minimum atomic E-state index is -0.857. The average Bonchev–Trinajstić information content (AvgIpc) is 3.29. The van der Waals surface area contributed by atoms with Crippen LogP contribution in [0.4, 0.5) is 11.4 Å². The van der Waals surface area contributed by atoms with Crippen LogP contribution in [0.5, 0.6) is 11.5 Å². The molecule has 0 unspecified atom stereocenters. The fraction of sp³-hybridized carbons (Fsp3) is 0.333. The third kappa shape index (κ3) is 2.84. The molecule has 2 N–H and O–H groups in total. The van der Waals surface area contributed by atoms with Crippen LogP contribution in [0.1, 0.15) is 18.4 Å². The summed E-state index contributed by atoms with van der Waals surface area (Å²) < 4.78 is 10.9. The maximum atomic E-state index is 13.9. The Balaban J connectivity index is 1.67. The molecule has 0 amide bonds. The van der Waals surface area contributed by atoms with E-state index in [4.69, 9.17) is 9.47 Å². The highest BCUT2D eigenvalue weighted by Gasteiger charge is 2.62. The summed E-state index contributed by atoms with van der Waals surface area (Å²) in [6.45, 7) is 0. The Hall–Kier alpha value is -3.32. The Labute approximate surface area is 181 Å². The van der Waals surface area contributed by atoms with E-state index in [9.17, 15) is 9.90 Å². The normalized spacial score (nSPS) is 28.0. The van der Waals surface area contributed by atoms with Crippen molar-refractivity contribution in [1.82, 2.24) is 0 Å². The van der Waals surface area contributed by atoms with E-state index in [0.717, 1.165) is 22.6 Å². The first-order valence-electron chi connectivity index (χ1n) is 10.3. The molecule has 0 atom stereocenters. The number of carbonyl (C=O) groups excluding carboxylic acids is 1. The van der Waals surface area contributed by atoms with Crippen molar-refractivity contribution in [3.8, 4) is 11.5 Å². The Morgan fingerprint density at radius 1 is 1.13 bits per heavy atom. The number of amidine groups is 1. The molecule has 2 aromatic carbocycles. The van der Waals surface area contributed by atoms with Gasteiger partial charge in [0, 0.05) is 55.9 Å². The predicted molar refractivity (Wildman–Crippen MR) is 119 cm³/mol. The molecule has 2 aliphatic heterocycles. The first kappa shape index (κ1) is 19.6. The van der Waals surface area contributed by atoms with Crippen LogP contribution >= 0.6 is 0 Å². The monoisotopic (exact) mass is 419 g/mol. The molecule has 2 aromatic rings. The molecule has 31 heavy (non-hydrogen) atoms. The molecule has 0 bridgehead atoms. The Morgan fingerprint density at radius 3 is 2.39 bits per heavy atom. The van der Waals surface area contributed by atoms with Crippen molar-refractivity contribution < 1.29 is 19.4 Å². The van der Waals surface area contributed by atoms with E-state index in [2.05, 4.69) is 16.4 Å². The quantitative estimate of drug-likeness (QED) is 0.745. The van der Waals surface area contributed by atoms with Gasteiger partial charge in [0.2, 0.25) is 0 Å². The number of anilines is 2. The highest BCUT2D eigenvalue weighted by atomic mass is 16.5. The van der Waals surface area contributed by atoms with E-state index in [0.29, 0.717) is 42.2 Å². The van der Waals surface area contributed by atoms with Crippen LogP contribution in [-0.4, -0.2) is 49.6 Å². The van der Waals surface area contributed by atoms with Crippen molar-refractivity contribution >= 4 is 23.0 Å². The molecule has 1 aliphatic carbocycles. The summed E-state index contributed by atoms with van der Waals surface area (Å²) in [6, 6.07) is 13.6. The maximum absolute atomic E-state index is 13.9. The van der Waals surface area contributed by atoms with E-state index in [1.165, 1.54) is 0 Å². The summed E-state index contributed by atoms with van der Waals surface area (Å²) >= 11 is 0. The summed E-state index contributed by atoms with van der Waals surface area (Å²) in [5.41, 5.74) is 3.50. The fourth-order valence-corrected chi connectivity index (χ4v) is 4.96. The minimum Gasteiger partial charge on any atom is -0.497 e. The number of hydrogen-bond donors (Lipinski definition) is 2. The number of allylic oxidation sites excluding steroid dienone is 1. The van der Waals surface area contributed by atoms with Gasteiger partial charge in [-0.3, -0.25) is 9.79 Å². The molecule has 1 saturated heterocycles. The Bertz CT molecular complexity index is 1080. The number of aliphatic hydroxyl groups is 1. The smallest absolute Gasteiger partial charge is 0.194 e. The SMILES string of the molecule is CN=C1C(=C2Cc3ccccc3N2)C(=O)C2(CC(O)C2)N1c1cc(OC)cc(OC)c1. The molecular formula is C24H25N3O4. The van der Waals surface area contributed by atoms with E-state index < -0.39 is 11.6 Å². The number of fused-ring (bicyclic) bond motifs is 1. The number of ketones is 1. The third-order valence-corrected chi connectivity index (χ3v) is 6.44. The van der Waals surface area contributed by atoms with Crippen LogP contribution < -0.4 is 19.7 Å². The topological polar surface area (TPSA) is 83.4 Å². The fourth-order valence-electron chi connectivity index (χ4n) is 4.96. The van der Waals surface area contributed by atoms with E-state index in [-0.39, 0.29) is 5.78 Å². The number of rotatable bonds is 3. The zero-order valence-electron chi connectivity index (χ0n) is 17.8. The number of methoxy groups -OCH3 is 2. The highest BCUT2D eigenvalue weighted by Crippen LogP contribution is 2.50. The summed E-state index contributed by atoms with van der Waals surface area (Å²) in [5.74, 6) is 1.84. The Morgan fingerprint density at radius 2 is 1.81 bits per heavy atom. The van der Waals surface area contributed by atoms with E-state index in [1.807, 2.05) is 35.2 Å². The Kier molecular flexibility index (Phi) is 4.51. The standard InChI is InChI=1S/C24H25N3O4/c1-25-23-21(20-8-14-6-4-5-7-19(14)26-20)22(29)24(12-16(28)13-24)27(23)15-9-17(30-2)11-18(10-15)31-3/h4-7,9-11,16,26,28H,8,12-13H2,1-3H3. The first-order valence-corrected chi connectivity index (χ1v) is 10.3. The van der Waals surface area contributed by atoms with Gasteiger partial charge in [0.15, 0.2) is 5.78 Å². The molecule has 160 valence electrons. The molecule has 7 nitrogen and oxygen atoms in total. The molecule has 1 spiro atoms. The van der Waals surface area contributed by atoms with Crippen LogP contribution in [0.15, 0.2) is 58.7 Å². The number of Topliss-reactive ketones (excluding diaryl/α,β-unsaturated/α-hetero) is 1. The molecule has 7 heteroatoms. The number of carbonyl (C=O) groups is 1. The summed E-state index contributed by atoms with van der Waals surface area (Å²) in [4.78, 5) is 20.4. The lowest BCUT2D eigenvalue weighted by Gasteiger charge is -2.47. The lowest BCUT2D eigenvalue weighted by molar-refractivity contribution is -0.125. The second kappa shape index (κ2) is 7.13. The lowest BCUT2D eigenvalue weighted by Crippen LogP contribution is -2.61. The van der Waals surface area contributed by atoms with Crippen molar-refractivity contribution in [3.05, 3.63) is 59.3 Å². The minimum absolute atomic E-state index is 0.00417. The maximum Gasteiger partial charge on any atom is 0.194 e. The van der Waals surface area contributed by atoms with Gasteiger partial charge in [0.1, 0.15) is 22.9 Å². The second-order valence-electron chi connectivity index (χ2n) is 8.19. The van der Waals surface area contributed by atoms with Crippen molar-refractivity contribution in [1.29, 1.82) is 0 Å². The number of ether oxygens (including phenoxy) is 2. The van der Waals surface area contributed by atoms with Crippen molar-refractivity contribution in [3.63, 3.8) is 0 Å². The van der Waals surface area contributed by atoms with Gasteiger partial charge in [-0.05, 0) is 11.6 Å². The third-order valence-electron chi connectivity index (χ3n) is 6.44. The number of hydrogen-bond acceptors (Lipinski definition) is 6. The van der Waals surface area contributed by atoms with Gasteiger partial charge in [0.25, 0.3) is 0 Å². The highest BCUT2D eigenvalue weighted by molar-refractivity contribution is 6.38. The molecular weight excluding hydrogens is 394 g/mol. The van der Waals surface area contributed by atoms with Crippen molar-refractivity contribution in [2.75, 3.05) is 31.5 Å². The molecule has 0 aromatic heterocycles. The second-order valence-corrected chi connectivity index (χ2v) is 8.19. The predicted octanol–water partition coefficient (Wildman–Crippen LogP) is 2.94. The van der Waals surface area contributed by atoms with Gasteiger partial charge in [0.05, 0.1) is 31.6 Å². The van der Waals surface area contributed by atoms with Crippen molar-refractivity contribution in [2.45, 2.75) is 30.9 Å². The molecule has 2 heterocycles. The van der Waals surface area contributed by atoms with Gasteiger partial charge in [-0.1, -0.05) is 18.2 Å². The molecule has 2 fully saturated rings. The van der Waals surface area contributed by atoms with Crippen LogP contribution in [0, 0.1) is 0 Å². The average molecular weight is 419 g/mol. The largest absolute Gasteiger partial charge is 0.497 e. The number of para-hydroxylation sites is 1. The van der Waals surface area contributed by atoms with Crippen LogP contribution in [-0.2, 0) is 11.2 Å². The number of nitrogens with one attached hydrogen (secondary N) is 1. The number of aliphatic imine (C=N–C) groups is 1. The van der Waals surface area contributed by atoms with E-state index in [1.54, 1.807) is 27.3 Å². The van der Waals surface area contributed by atoms with Gasteiger partial charge < -0.3 is 24.8 Å². The molecule has 1 saturated carbocycles. The van der Waals surface area contributed by atoms with Crippen LogP contribution in [0.25, 0.3) is 0 Å². The van der Waals surface area contributed by atoms with Crippen LogP contribution in [0.2, 0.25) is 0 Å². The van der Waals surface area contributed by atoms with Gasteiger partial charge >= 0.3 is 0 Å². The molecule has 5 rings (SSSR count). The van der Waals surface area contributed by atoms with Crippen LogP contribution in [0.3, 0.4) is 0 Å². The van der Waals surface area contributed by atoms with Gasteiger partial charge in [-0.2, -0.15) is 0 Å². The van der Waals surface area contributed by atoms with E-state index >= 15 is 0 Å². The van der Waals surface area contributed by atoms with Gasteiger partial charge in [-0.15, -0.1) is 0 Å². The number of benzene rings is 2. The van der Waals surface area contributed by atoms with Crippen molar-refractivity contribution in [2.24, 2.45) is 4.99 Å².